The fraction of sp³-hybridized carbons (Fsp3) is 0.143. The Morgan fingerprint density at radius 2 is 1.84 bits per heavy atom. The zero-order valence-electron chi connectivity index (χ0n) is 10.1. The van der Waals surface area contributed by atoms with E-state index in [0.717, 1.165) is 4.90 Å². The fourth-order valence-electron chi connectivity index (χ4n) is 1.47. The van der Waals surface area contributed by atoms with E-state index >= 15 is 0 Å². The Morgan fingerprint density at radius 1 is 1.05 bits per heavy atom. The van der Waals surface area contributed by atoms with Crippen LogP contribution in [-0.2, 0) is 0 Å². The van der Waals surface area contributed by atoms with E-state index in [2.05, 4.69) is 0 Å². The second kappa shape index (κ2) is 6.43. The van der Waals surface area contributed by atoms with Crippen molar-refractivity contribution in [3.05, 3.63) is 54.1 Å². The van der Waals surface area contributed by atoms with Crippen LogP contribution in [0, 0.1) is 11.6 Å². The lowest BCUT2D eigenvalue weighted by Crippen LogP contribution is -2.01. The molecule has 0 radical (unpaired) electrons. The predicted molar refractivity (Wildman–Crippen MR) is 73.4 cm³/mol. The lowest BCUT2D eigenvalue weighted by molar-refractivity contribution is 0.325. The van der Waals surface area contributed by atoms with Crippen LogP contribution in [0.25, 0.3) is 0 Å². The van der Waals surface area contributed by atoms with E-state index in [9.17, 15) is 8.78 Å². The molecule has 100 valence electrons. The monoisotopic (exact) mass is 281 g/mol. The summed E-state index contributed by atoms with van der Waals surface area (Å²) >= 11 is 1.43. The van der Waals surface area contributed by atoms with Crippen LogP contribution in [0.1, 0.15) is 0 Å². The van der Waals surface area contributed by atoms with Gasteiger partial charge in [0.05, 0.1) is 12.3 Å². The Kier molecular flexibility index (Phi) is 4.63. The number of ether oxygens (including phenoxy) is 1. The highest BCUT2D eigenvalue weighted by molar-refractivity contribution is 7.99. The molecule has 0 aliphatic carbocycles. The van der Waals surface area contributed by atoms with E-state index in [0.29, 0.717) is 12.4 Å². The highest BCUT2D eigenvalue weighted by Crippen LogP contribution is 2.22. The third-order valence-corrected chi connectivity index (χ3v) is 3.38. The summed E-state index contributed by atoms with van der Waals surface area (Å²) in [5.74, 6) is 0.00941. The van der Waals surface area contributed by atoms with E-state index in [1.807, 2.05) is 0 Å². The molecule has 0 spiro atoms. The molecule has 0 unspecified atom stereocenters. The summed E-state index contributed by atoms with van der Waals surface area (Å²) in [7, 11) is 0. The number of para-hydroxylation sites is 1. The summed E-state index contributed by atoms with van der Waals surface area (Å²) in [6, 6.07) is 10.9. The third kappa shape index (κ3) is 3.86. The Balaban J connectivity index is 1.81. The lowest BCUT2D eigenvalue weighted by Gasteiger charge is -2.07. The van der Waals surface area contributed by atoms with Gasteiger partial charge in [0.2, 0.25) is 0 Å². The van der Waals surface area contributed by atoms with Gasteiger partial charge in [0.15, 0.2) is 11.6 Å². The molecule has 0 atom stereocenters. The van der Waals surface area contributed by atoms with Crippen molar-refractivity contribution in [1.82, 2.24) is 0 Å². The SMILES string of the molecule is Nc1ccc(SCCOc2ccccc2F)cc1F. The molecule has 19 heavy (non-hydrogen) atoms. The quantitative estimate of drug-likeness (QED) is 0.515. The number of hydrogen-bond donors (Lipinski definition) is 1. The minimum absolute atomic E-state index is 0.131. The summed E-state index contributed by atoms with van der Waals surface area (Å²) in [5.41, 5.74) is 5.52. The normalized spacial score (nSPS) is 10.4. The van der Waals surface area contributed by atoms with Crippen LogP contribution < -0.4 is 10.5 Å². The van der Waals surface area contributed by atoms with Gasteiger partial charge in [-0.15, -0.1) is 11.8 Å². The first-order valence-electron chi connectivity index (χ1n) is 5.72. The molecule has 0 heterocycles. The van der Waals surface area contributed by atoms with Crippen molar-refractivity contribution >= 4 is 17.4 Å². The fourth-order valence-corrected chi connectivity index (χ4v) is 2.22. The number of nitrogen functional groups attached to an aromatic ring is 1. The molecule has 0 aliphatic rings. The Labute approximate surface area is 114 Å². The summed E-state index contributed by atoms with van der Waals surface area (Å²) in [6.07, 6.45) is 0. The van der Waals surface area contributed by atoms with Gasteiger partial charge in [-0.3, -0.25) is 0 Å². The van der Waals surface area contributed by atoms with E-state index in [4.69, 9.17) is 10.5 Å². The highest BCUT2D eigenvalue weighted by Gasteiger charge is 2.03. The van der Waals surface area contributed by atoms with Crippen molar-refractivity contribution in [2.24, 2.45) is 0 Å². The first-order valence-corrected chi connectivity index (χ1v) is 6.70. The summed E-state index contributed by atoms with van der Waals surface area (Å²) in [4.78, 5) is 0.767. The largest absolute Gasteiger partial charge is 0.490 e. The van der Waals surface area contributed by atoms with Gasteiger partial charge in [-0.2, -0.15) is 0 Å². The number of rotatable bonds is 5. The molecule has 0 aromatic heterocycles. The van der Waals surface area contributed by atoms with Gasteiger partial charge in [-0.25, -0.2) is 8.78 Å². The molecule has 0 bridgehead atoms. The number of anilines is 1. The summed E-state index contributed by atoms with van der Waals surface area (Å²) in [6.45, 7) is 0.345. The second-order valence-electron chi connectivity index (χ2n) is 3.81. The van der Waals surface area contributed by atoms with Crippen molar-refractivity contribution in [3.63, 3.8) is 0 Å². The van der Waals surface area contributed by atoms with E-state index in [1.165, 1.54) is 30.0 Å². The van der Waals surface area contributed by atoms with Gasteiger partial charge in [0.25, 0.3) is 0 Å². The average Bonchev–Trinajstić information content (AvgIpc) is 2.40. The van der Waals surface area contributed by atoms with Crippen molar-refractivity contribution in [2.45, 2.75) is 4.90 Å². The molecule has 2 N–H and O–H groups in total. The number of benzene rings is 2. The van der Waals surface area contributed by atoms with Crippen LogP contribution in [-0.4, -0.2) is 12.4 Å². The van der Waals surface area contributed by atoms with Crippen molar-refractivity contribution in [1.29, 1.82) is 0 Å². The third-order valence-electron chi connectivity index (χ3n) is 2.42. The predicted octanol–water partition coefficient (Wildman–Crippen LogP) is 3.72. The van der Waals surface area contributed by atoms with Crippen LogP contribution in [0.15, 0.2) is 47.4 Å². The van der Waals surface area contributed by atoms with Crippen molar-refractivity contribution in [3.8, 4) is 5.75 Å². The van der Waals surface area contributed by atoms with Gasteiger partial charge >= 0.3 is 0 Å². The molecule has 0 saturated heterocycles. The molecule has 0 aliphatic heterocycles. The maximum absolute atomic E-state index is 13.2. The standard InChI is InChI=1S/C14H13F2NOS/c15-11-3-1-2-4-14(11)18-7-8-19-10-5-6-13(17)12(16)9-10/h1-6,9H,7-8,17H2. The summed E-state index contributed by atoms with van der Waals surface area (Å²) < 4.78 is 31.7. The smallest absolute Gasteiger partial charge is 0.165 e. The molecule has 0 amide bonds. The molecule has 2 rings (SSSR count). The van der Waals surface area contributed by atoms with E-state index < -0.39 is 5.82 Å². The van der Waals surface area contributed by atoms with Gasteiger partial charge < -0.3 is 10.5 Å². The van der Waals surface area contributed by atoms with Crippen LogP contribution in [0.3, 0.4) is 0 Å². The molecule has 2 aromatic carbocycles. The first kappa shape index (κ1) is 13.7. The highest BCUT2D eigenvalue weighted by atomic mass is 32.2. The van der Waals surface area contributed by atoms with Gasteiger partial charge in [0, 0.05) is 10.6 Å². The van der Waals surface area contributed by atoms with Crippen LogP contribution in [0.2, 0.25) is 0 Å². The van der Waals surface area contributed by atoms with Crippen molar-refractivity contribution in [2.75, 3.05) is 18.1 Å². The maximum atomic E-state index is 13.2. The minimum Gasteiger partial charge on any atom is -0.490 e. The number of hydrogen-bond acceptors (Lipinski definition) is 3. The molecule has 0 fully saturated rings. The lowest BCUT2D eigenvalue weighted by atomic mass is 10.3. The maximum Gasteiger partial charge on any atom is 0.165 e. The topological polar surface area (TPSA) is 35.2 Å². The Hall–Kier alpha value is -1.75. The van der Waals surface area contributed by atoms with E-state index in [1.54, 1.807) is 24.3 Å². The van der Waals surface area contributed by atoms with Gasteiger partial charge in [-0.05, 0) is 30.3 Å². The minimum atomic E-state index is -0.431. The second-order valence-corrected chi connectivity index (χ2v) is 4.98. The Morgan fingerprint density at radius 3 is 2.58 bits per heavy atom. The van der Waals surface area contributed by atoms with Crippen molar-refractivity contribution < 1.29 is 13.5 Å². The zero-order chi connectivity index (χ0) is 13.7. The van der Waals surface area contributed by atoms with E-state index in [-0.39, 0.29) is 17.3 Å². The zero-order valence-corrected chi connectivity index (χ0v) is 10.9. The average molecular weight is 281 g/mol. The summed E-state index contributed by atoms with van der Waals surface area (Å²) in [5, 5.41) is 0. The molecule has 2 nitrogen and oxygen atoms in total. The van der Waals surface area contributed by atoms with Crippen LogP contribution in [0.5, 0.6) is 5.75 Å². The first-order chi connectivity index (χ1) is 9.16. The van der Waals surface area contributed by atoms with Gasteiger partial charge in [0.1, 0.15) is 5.82 Å². The Bertz CT molecular complexity index is 563. The molecule has 2 aromatic rings. The molecule has 0 saturated carbocycles. The van der Waals surface area contributed by atoms with Crippen LogP contribution >= 0.6 is 11.8 Å². The molecule has 5 heteroatoms. The number of halogens is 2. The van der Waals surface area contributed by atoms with Gasteiger partial charge in [-0.1, -0.05) is 12.1 Å². The number of nitrogens with two attached hydrogens (primary N) is 1. The molecular formula is C14H13F2NOS. The number of thioether (sulfide) groups is 1. The van der Waals surface area contributed by atoms with Crippen LogP contribution in [0.4, 0.5) is 14.5 Å². The molecular weight excluding hydrogens is 268 g/mol.